The monoisotopic (exact) mass is 593 g/mol. The molecule has 3 amide bonds. The number of thioether (sulfide) groups is 1. The molecule has 3 unspecified atom stereocenters. The van der Waals surface area contributed by atoms with Gasteiger partial charge >= 0.3 is 0 Å². The lowest BCUT2D eigenvalue weighted by Gasteiger charge is -2.39. The van der Waals surface area contributed by atoms with Gasteiger partial charge in [-0.15, -0.1) is 11.8 Å². The number of hydrogen-bond donors (Lipinski definition) is 3. The number of fused-ring (bicyclic) bond motifs is 1. The summed E-state index contributed by atoms with van der Waals surface area (Å²) in [4.78, 5) is 43.4. The van der Waals surface area contributed by atoms with Crippen molar-refractivity contribution in [2.24, 2.45) is 17.3 Å². The summed E-state index contributed by atoms with van der Waals surface area (Å²) >= 11 is 5.45. The number of amides is 3. The molecular weight excluding hydrogens is 554 g/mol. The normalized spacial score (nSPS) is 30.9. The van der Waals surface area contributed by atoms with Gasteiger partial charge in [-0.3, -0.25) is 14.4 Å². The minimum Gasteiger partial charge on any atom is -0.396 e. The Morgan fingerprint density at radius 2 is 1.81 bits per heavy atom. The highest BCUT2D eigenvalue weighted by molar-refractivity contribution is 9.09. The molecule has 2 bridgehead atoms. The highest BCUT2D eigenvalue weighted by atomic mass is 79.9. The van der Waals surface area contributed by atoms with Gasteiger partial charge in [0, 0.05) is 34.5 Å². The standard InChI is InChI=1S/C28H40BrN3O4S/c1-26(2,3)16-27(4,5)31-24(35)22-28-15-18(29)21(37-28)19(23(34)30-17-11-7-6-8-12-17)20(28)25(36)32(22)13-9-10-14-33/h6-8,11-12,18-22,33H,9-10,13-16H2,1-5H3,(H,30,34)(H,31,35)/t18?,19-,20-,21-,22?,28?/m0/s1. The molecule has 0 aromatic heterocycles. The number of carbonyl (C=O) groups is 3. The predicted octanol–water partition coefficient (Wildman–Crippen LogP) is 4.19. The van der Waals surface area contributed by atoms with Crippen molar-refractivity contribution in [3.8, 4) is 0 Å². The average molecular weight is 595 g/mol. The molecule has 9 heteroatoms. The van der Waals surface area contributed by atoms with E-state index in [4.69, 9.17) is 0 Å². The maximum absolute atomic E-state index is 14.1. The smallest absolute Gasteiger partial charge is 0.244 e. The third kappa shape index (κ3) is 5.59. The molecule has 3 heterocycles. The van der Waals surface area contributed by atoms with Gasteiger partial charge in [-0.1, -0.05) is 54.9 Å². The molecular formula is C28H40BrN3O4S. The predicted molar refractivity (Wildman–Crippen MR) is 152 cm³/mol. The number of para-hydroxylation sites is 1. The van der Waals surface area contributed by atoms with E-state index in [0.29, 0.717) is 31.5 Å². The summed E-state index contributed by atoms with van der Waals surface area (Å²) in [6.07, 6.45) is 2.60. The van der Waals surface area contributed by atoms with E-state index in [1.54, 1.807) is 16.7 Å². The maximum atomic E-state index is 14.1. The Hall–Kier alpha value is -1.58. The number of carbonyl (C=O) groups excluding carboxylic acids is 3. The first-order valence-electron chi connectivity index (χ1n) is 13.2. The van der Waals surface area contributed by atoms with Crippen molar-refractivity contribution in [2.45, 2.75) is 86.7 Å². The number of anilines is 1. The number of halogens is 1. The number of nitrogens with zero attached hydrogens (tertiary/aromatic N) is 1. The van der Waals surface area contributed by atoms with Gasteiger partial charge in [-0.2, -0.15) is 0 Å². The Bertz CT molecular complexity index is 1030. The second kappa shape index (κ2) is 10.5. The van der Waals surface area contributed by atoms with E-state index in [-0.39, 0.29) is 39.8 Å². The molecule has 3 aliphatic rings. The van der Waals surface area contributed by atoms with Gasteiger partial charge in [-0.05, 0) is 57.1 Å². The molecule has 4 rings (SSSR count). The zero-order valence-electron chi connectivity index (χ0n) is 22.4. The number of likely N-dealkylation sites (tertiary alicyclic amines) is 1. The van der Waals surface area contributed by atoms with Gasteiger partial charge in [-0.25, -0.2) is 0 Å². The summed E-state index contributed by atoms with van der Waals surface area (Å²) < 4.78 is -0.671. The van der Waals surface area contributed by atoms with Gasteiger partial charge in [0.25, 0.3) is 0 Å². The lowest BCUT2D eigenvalue weighted by molar-refractivity contribution is -0.139. The number of aliphatic hydroxyl groups excluding tert-OH is 1. The summed E-state index contributed by atoms with van der Waals surface area (Å²) in [6.45, 7) is 10.9. The molecule has 3 N–H and O–H groups in total. The van der Waals surface area contributed by atoms with Gasteiger partial charge in [0.1, 0.15) is 6.04 Å². The molecule has 0 saturated carbocycles. The number of rotatable bonds is 9. The molecule has 7 nitrogen and oxygen atoms in total. The van der Waals surface area contributed by atoms with Crippen molar-refractivity contribution in [3.05, 3.63) is 30.3 Å². The van der Waals surface area contributed by atoms with Gasteiger partial charge in [0.15, 0.2) is 0 Å². The van der Waals surface area contributed by atoms with E-state index >= 15 is 0 Å². The van der Waals surface area contributed by atoms with E-state index in [1.165, 1.54) is 0 Å². The van der Waals surface area contributed by atoms with Crippen LogP contribution in [0.1, 0.15) is 60.3 Å². The average Bonchev–Trinajstić information content (AvgIpc) is 3.36. The third-order valence-electron chi connectivity index (χ3n) is 7.62. The quantitative estimate of drug-likeness (QED) is 0.294. The summed E-state index contributed by atoms with van der Waals surface area (Å²) in [5.41, 5.74) is 0.263. The Morgan fingerprint density at radius 3 is 2.43 bits per heavy atom. The number of aliphatic hydroxyl groups is 1. The highest BCUT2D eigenvalue weighted by Gasteiger charge is 2.75. The van der Waals surface area contributed by atoms with Crippen LogP contribution in [-0.4, -0.2) is 67.3 Å². The van der Waals surface area contributed by atoms with Crippen molar-refractivity contribution in [2.75, 3.05) is 18.5 Å². The molecule has 204 valence electrons. The minimum absolute atomic E-state index is 0.0199. The topological polar surface area (TPSA) is 98.7 Å². The van der Waals surface area contributed by atoms with Crippen LogP contribution in [0.4, 0.5) is 5.69 Å². The molecule has 37 heavy (non-hydrogen) atoms. The Labute approximate surface area is 233 Å². The number of alkyl halides is 1. The van der Waals surface area contributed by atoms with Crippen LogP contribution < -0.4 is 10.6 Å². The molecule has 1 aromatic carbocycles. The molecule has 1 aromatic rings. The summed E-state index contributed by atoms with van der Waals surface area (Å²) in [5, 5.41) is 15.6. The first-order chi connectivity index (χ1) is 17.3. The van der Waals surface area contributed by atoms with Crippen molar-refractivity contribution in [1.82, 2.24) is 10.2 Å². The van der Waals surface area contributed by atoms with Crippen LogP contribution in [0.2, 0.25) is 0 Å². The summed E-state index contributed by atoms with van der Waals surface area (Å²) in [5.74, 6) is -1.52. The minimum atomic E-state index is -0.671. The highest BCUT2D eigenvalue weighted by Crippen LogP contribution is 2.67. The van der Waals surface area contributed by atoms with E-state index in [9.17, 15) is 19.5 Å². The maximum Gasteiger partial charge on any atom is 0.244 e. The first-order valence-corrected chi connectivity index (χ1v) is 15.0. The van der Waals surface area contributed by atoms with Gasteiger partial charge in [0.2, 0.25) is 17.7 Å². The molecule has 3 saturated heterocycles. The van der Waals surface area contributed by atoms with Crippen LogP contribution in [0.3, 0.4) is 0 Å². The fraction of sp³-hybridized carbons (Fsp3) is 0.679. The number of hydrogen-bond acceptors (Lipinski definition) is 5. The summed E-state index contributed by atoms with van der Waals surface area (Å²) in [7, 11) is 0. The number of nitrogens with one attached hydrogen (secondary N) is 2. The zero-order valence-corrected chi connectivity index (χ0v) is 24.8. The van der Waals surface area contributed by atoms with Gasteiger partial charge < -0.3 is 20.6 Å². The van der Waals surface area contributed by atoms with Crippen molar-refractivity contribution in [1.29, 1.82) is 0 Å². The van der Waals surface area contributed by atoms with Gasteiger partial charge in [0.05, 0.1) is 16.6 Å². The molecule has 6 atom stereocenters. The largest absolute Gasteiger partial charge is 0.396 e. The van der Waals surface area contributed by atoms with E-state index in [2.05, 4.69) is 47.3 Å². The van der Waals surface area contributed by atoms with Crippen LogP contribution >= 0.6 is 27.7 Å². The first kappa shape index (κ1) is 28.4. The number of unbranched alkanes of at least 4 members (excludes halogenated alkanes) is 1. The van der Waals surface area contributed by atoms with Crippen molar-refractivity contribution in [3.63, 3.8) is 0 Å². The fourth-order valence-electron chi connectivity index (χ4n) is 6.88. The second-order valence-electron chi connectivity index (χ2n) is 12.6. The van der Waals surface area contributed by atoms with Crippen molar-refractivity contribution >= 4 is 51.1 Å². The Morgan fingerprint density at radius 1 is 1.14 bits per heavy atom. The van der Waals surface area contributed by atoms with Crippen LogP contribution in [0.25, 0.3) is 0 Å². The fourth-order valence-corrected chi connectivity index (χ4v) is 10.5. The third-order valence-corrected chi connectivity index (χ3v) is 10.8. The van der Waals surface area contributed by atoms with Crippen LogP contribution in [0.15, 0.2) is 30.3 Å². The lowest BCUT2D eigenvalue weighted by atomic mass is 9.70. The Kier molecular flexibility index (Phi) is 8.09. The van der Waals surface area contributed by atoms with E-state index in [0.717, 1.165) is 6.42 Å². The second-order valence-corrected chi connectivity index (χ2v) is 15.3. The van der Waals surface area contributed by atoms with Crippen LogP contribution in [-0.2, 0) is 14.4 Å². The molecule has 3 fully saturated rings. The molecule has 0 radical (unpaired) electrons. The summed E-state index contributed by atoms with van der Waals surface area (Å²) in [6, 6.07) is 8.64. The SMILES string of the molecule is CC(C)(C)CC(C)(C)NC(=O)C1N(CCCCO)C(=O)[C@@H]2[C@H](C(=O)Nc3ccccc3)[C@H]3SC12CC3Br. The molecule has 3 aliphatic heterocycles. The molecule has 0 aliphatic carbocycles. The lowest BCUT2D eigenvalue weighted by Crippen LogP contribution is -2.58. The number of benzene rings is 1. The van der Waals surface area contributed by atoms with Crippen LogP contribution in [0.5, 0.6) is 0 Å². The van der Waals surface area contributed by atoms with E-state index in [1.807, 2.05) is 44.2 Å². The van der Waals surface area contributed by atoms with Crippen LogP contribution in [0, 0.1) is 17.3 Å². The van der Waals surface area contributed by atoms with Crippen molar-refractivity contribution < 1.29 is 19.5 Å². The Balaban J connectivity index is 1.66. The zero-order chi connectivity index (χ0) is 27.2. The van der Waals surface area contributed by atoms with E-state index < -0.39 is 28.2 Å². The molecule has 1 spiro atoms.